The molecular weight excluding hydrogens is 433 g/mol. The monoisotopic (exact) mass is 449 g/mol. The van der Waals surface area contributed by atoms with Crippen LogP contribution in [0.5, 0.6) is 0 Å². The Bertz CT molecular complexity index is 1130. The third-order valence-electron chi connectivity index (χ3n) is 4.07. The molecule has 1 aromatic heterocycles. The lowest BCUT2D eigenvalue weighted by molar-refractivity contribution is -0.124. The van der Waals surface area contributed by atoms with Crippen molar-refractivity contribution >= 4 is 47.1 Å². The van der Waals surface area contributed by atoms with Gasteiger partial charge >= 0.3 is 0 Å². The number of aromatic nitrogens is 3. The third-order valence-corrected chi connectivity index (χ3v) is 5.17. The number of nitrogens with one attached hydrogen (secondary N) is 3. The summed E-state index contributed by atoms with van der Waals surface area (Å²) in [5.74, 6) is -1.22. The number of hydrogen-bond acceptors (Lipinski definition) is 7. The second-order valence-corrected chi connectivity index (χ2v) is 7.59. The predicted molar refractivity (Wildman–Crippen MR) is 110 cm³/mol. The zero-order valence-electron chi connectivity index (χ0n) is 15.4. The summed E-state index contributed by atoms with van der Waals surface area (Å²) in [6.07, 6.45) is 1.63. The lowest BCUT2D eigenvalue weighted by Crippen LogP contribution is -2.37. The maximum absolute atomic E-state index is 13.0. The van der Waals surface area contributed by atoms with Crippen molar-refractivity contribution in [1.82, 2.24) is 25.4 Å². The van der Waals surface area contributed by atoms with Crippen LogP contribution in [0.3, 0.4) is 0 Å². The van der Waals surface area contributed by atoms with E-state index in [2.05, 4.69) is 20.5 Å². The van der Waals surface area contributed by atoms with Crippen molar-refractivity contribution < 1.29 is 18.8 Å². The summed E-state index contributed by atoms with van der Waals surface area (Å²) in [6.45, 7) is 0.0795. The highest BCUT2D eigenvalue weighted by Gasteiger charge is 2.34. The van der Waals surface area contributed by atoms with Gasteiger partial charge in [-0.2, -0.15) is 5.10 Å². The van der Waals surface area contributed by atoms with Gasteiger partial charge in [0.1, 0.15) is 11.5 Å². The standard InChI is InChI=1S/C18H16FN5O4S2/c19-11-3-1-10(2-4-11)9-13-16(27)24(18(28)30-13)8-7-20-14(25)6-5-12-15(26)21-17(29)23-22-12/h1-4,9H,5-8H2,(H,20,25)(H2,21,23,26,29)/b13-9+. The van der Waals surface area contributed by atoms with E-state index in [9.17, 15) is 23.6 Å². The smallest absolute Gasteiger partial charge is 0.293 e. The Labute approximate surface area is 178 Å². The topological polar surface area (TPSA) is 128 Å². The van der Waals surface area contributed by atoms with Crippen LogP contribution < -0.4 is 10.9 Å². The van der Waals surface area contributed by atoms with Crippen LogP contribution in [0.15, 0.2) is 34.0 Å². The summed E-state index contributed by atoms with van der Waals surface area (Å²) in [5.41, 5.74) is 0.285. The molecule has 12 heteroatoms. The first kappa shape index (κ1) is 21.6. The number of rotatable bonds is 7. The van der Waals surface area contributed by atoms with Crippen molar-refractivity contribution in [2.45, 2.75) is 12.8 Å². The molecule has 0 bridgehead atoms. The molecule has 156 valence electrons. The van der Waals surface area contributed by atoms with Gasteiger partial charge in [-0.3, -0.25) is 34.2 Å². The summed E-state index contributed by atoms with van der Waals surface area (Å²) in [4.78, 5) is 51.7. The van der Waals surface area contributed by atoms with Crippen LogP contribution in [0.1, 0.15) is 17.7 Å². The zero-order valence-corrected chi connectivity index (χ0v) is 17.1. The van der Waals surface area contributed by atoms with E-state index in [1.54, 1.807) is 0 Å². The van der Waals surface area contributed by atoms with Crippen molar-refractivity contribution in [3.8, 4) is 0 Å². The molecule has 3 rings (SSSR count). The van der Waals surface area contributed by atoms with Crippen LogP contribution in [0.4, 0.5) is 9.18 Å². The molecular formula is C18H16FN5O4S2. The molecule has 30 heavy (non-hydrogen) atoms. The first-order valence-electron chi connectivity index (χ1n) is 8.79. The lowest BCUT2D eigenvalue weighted by Gasteiger charge is -2.12. The molecule has 0 spiro atoms. The Morgan fingerprint density at radius 2 is 2.00 bits per heavy atom. The van der Waals surface area contributed by atoms with Crippen molar-refractivity contribution in [1.29, 1.82) is 0 Å². The van der Waals surface area contributed by atoms with E-state index < -0.39 is 22.5 Å². The van der Waals surface area contributed by atoms with Crippen LogP contribution in [0.25, 0.3) is 6.08 Å². The Morgan fingerprint density at radius 1 is 1.27 bits per heavy atom. The quantitative estimate of drug-likeness (QED) is 0.434. The number of halogens is 1. The number of nitrogens with zero attached hydrogens (tertiary/aromatic N) is 2. The van der Waals surface area contributed by atoms with Gasteiger partial charge in [-0.05, 0) is 47.8 Å². The molecule has 0 atom stereocenters. The number of imide groups is 1. The highest BCUT2D eigenvalue weighted by Crippen LogP contribution is 2.31. The normalized spacial score (nSPS) is 15.1. The Balaban J connectivity index is 1.49. The summed E-state index contributed by atoms with van der Waals surface area (Å²) >= 11 is 5.52. The number of aryl methyl sites for hydroxylation is 1. The molecule has 1 aliphatic rings. The van der Waals surface area contributed by atoms with Crippen molar-refractivity contribution in [3.63, 3.8) is 0 Å². The van der Waals surface area contributed by atoms with Crippen LogP contribution >= 0.6 is 24.0 Å². The van der Waals surface area contributed by atoms with Gasteiger partial charge in [0, 0.05) is 25.9 Å². The summed E-state index contributed by atoms with van der Waals surface area (Å²) in [5, 5.41) is 8.38. The average Bonchev–Trinajstić information content (AvgIpc) is 2.96. The number of amides is 3. The maximum Gasteiger partial charge on any atom is 0.293 e. The van der Waals surface area contributed by atoms with Gasteiger partial charge in [-0.1, -0.05) is 12.1 Å². The van der Waals surface area contributed by atoms with Crippen molar-refractivity contribution in [2.75, 3.05) is 13.1 Å². The molecule has 1 fully saturated rings. The number of aromatic amines is 2. The number of thioether (sulfide) groups is 1. The SMILES string of the molecule is O=C(CCc1n[nH]c(=S)[nH]c1=O)NCCN1C(=O)S/C(=C/c2ccc(F)cc2)C1=O. The number of H-pyrrole nitrogens is 2. The molecule has 3 N–H and O–H groups in total. The number of benzene rings is 1. The largest absolute Gasteiger partial charge is 0.354 e. The molecule has 0 saturated carbocycles. The van der Waals surface area contributed by atoms with Gasteiger partial charge in [0.25, 0.3) is 16.7 Å². The fourth-order valence-corrected chi connectivity index (χ4v) is 3.58. The molecule has 9 nitrogen and oxygen atoms in total. The van der Waals surface area contributed by atoms with Crippen LogP contribution in [0, 0.1) is 10.6 Å². The summed E-state index contributed by atoms with van der Waals surface area (Å²) in [7, 11) is 0. The lowest BCUT2D eigenvalue weighted by atomic mass is 10.2. The van der Waals surface area contributed by atoms with Crippen molar-refractivity contribution in [2.24, 2.45) is 0 Å². The highest BCUT2D eigenvalue weighted by atomic mass is 32.2. The van der Waals surface area contributed by atoms with Crippen LogP contribution in [-0.4, -0.2) is 50.2 Å². The highest BCUT2D eigenvalue weighted by molar-refractivity contribution is 8.18. The maximum atomic E-state index is 13.0. The van der Waals surface area contributed by atoms with E-state index in [-0.39, 0.29) is 47.2 Å². The van der Waals surface area contributed by atoms with Crippen LogP contribution in [0.2, 0.25) is 0 Å². The summed E-state index contributed by atoms with van der Waals surface area (Å²) < 4.78 is 13.1. The van der Waals surface area contributed by atoms with E-state index in [0.717, 1.165) is 16.7 Å². The van der Waals surface area contributed by atoms with Crippen molar-refractivity contribution in [3.05, 3.63) is 61.4 Å². The van der Waals surface area contributed by atoms with E-state index in [1.165, 1.54) is 30.3 Å². The molecule has 1 aliphatic heterocycles. The minimum absolute atomic E-state index is 0.00700. The van der Waals surface area contributed by atoms with E-state index in [1.807, 2.05) is 0 Å². The second-order valence-electron chi connectivity index (χ2n) is 6.19. The Morgan fingerprint density at radius 3 is 2.70 bits per heavy atom. The number of hydrogen-bond donors (Lipinski definition) is 3. The van der Waals surface area contributed by atoms with Gasteiger partial charge in [-0.25, -0.2) is 4.39 Å². The zero-order chi connectivity index (χ0) is 21.7. The van der Waals surface area contributed by atoms with E-state index in [4.69, 9.17) is 12.2 Å². The average molecular weight is 449 g/mol. The molecule has 2 aromatic rings. The molecule has 0 unspecified atom stereocenters. The van der Waals surface area contributed by atoms with Gasteiger partial charge in [0.15, 0.2) is 4.77 Å². The fraction of sp³-hybridized carbons (Fsp3) is 0.222. The van der Waals surface area contributed by atoms with E-state index in [0.29, 0.717) is 5.56 Å². The minimum atomic E-state index is -0.473. The number of carbonyl (C=O) groups excluding carboxylic acids is 3. The first-order valence-corrected chi connectivity index (χ1v) is 10.0. The molecule has 1 saturated heterocycles. The molecule has 2 heterocycles. The fourth-order valence-electron chi connectivity index (χ4n) is 2.57. The number of carbonyl (C=O) groups is 3. The van der Waals surface area contributed by atoms with E-state index >= 15 is 0 Å². The van der Waals surface area contributed by atoms with Crippen LogP contribution in [-0.2, 0) is 16.0 Å². The Hall–Kier alpha value is -3.12. The molecule has 1 aromatic carbocycles. The molecule has 0 radical (unpaired) electrons. The molecule has 3 amide bonds. The van der Waals surface area contributed by atoms with Gasteiger partial charge < -0.3 is 5.32 Å². The first-order chi connectivity index (χ1) is 14.3. The predicted octanol–water partition coefficient (Wildman–Crippen LogP) is 1.75. The van der Waals surface area contributed by atoms with Gasteiger partial charge in [0.2, 0.25) is 5.91 Å². The third kappa shape index (κ3) is 5.48. The molecule has 0 aliphatic carbocycles. The van der Waals surface area contributed by atoms with Gasteiger partial charge in [-0.15, -0.1) is 0 Å². The minimum Gasteiger partial charge on any atom is -0.354 e. The Kier molecular flexibility index (Phi) is 6.90. The second kappa shape index (κ2) is 9.59. The summed E-state index contributed by atoms with van der Waals surface area (Å²) in [6, 6.07) is 5.53. The van der Waals surface area contributed by atoms with Gasteiger partial charge in [0.05, 0.1) is 4.91 Å².